The number of anilines is 1. The summed E-state index contributed by atoms with van der Waals surface area (Å²) in [6, 6.07) is 5.49. The van der Waals surface area contributed by atoms with E-state index in [0.29, 0.717) is 25.9 Å². The third-order valence-electron chi connectivity index (χ3n) is 3.93. The van der Waals surface area contributed by atoms with Crippen LogP contribution in [0, 0.1) is 5.92 Å². The number of carboxylic acids is 1. The lowest BCUT2D eigenvalue weighted by molar-refractivity contribution is -0.143. The topological polar surface area (TPSA) is 82.5 Å². The maximum atomic E-state index is 12.3. The van der Waals surface area contributed by atoms with Crippen molar-refractivity contribution in [3.05, 3.63) is 18.2 Å². The SMILES string of the molecule is CSc1nc2ccc(NC(=O)N3CCC(C(=O)O)CC3)cc2s1. The Morgan fingerprint density at radius 1 is 1.39 bits per heavy atom. The average Bonchev–Trinajstić information content (AvgIpc) is 2.97. The molecule has 1 aliphatic heterocycles. The van der Waals surface area contributed by atoms with Crippen LogP contribution < -0.4 is 5.32 Å². The Bertz CT molecular complexity index is 739. The number of hydrogen-bond donors (Lipinski definition) is 2. The van der Waals surface area contributed by atoms with Crippen molar-refractivity contribution in [3.8, 4) is 0 Å². The first kappa shape index (κ1) is 16.1. The molecule has 2 amide bonds. The van der Waals surface area contributed by atoms with Gasteiger partial charge < -0.3 is 15.3 Å². The molecule has 6 nitrogen and oxygen atoms in total. The molecule has 0 radical (unpaired) electrons. The van der Waals surface area contributed by atoms with Crippen LogP contribution in [0.2, 0.25) is 0 Å². The van der Waals surface area contributed by atoms with Gasteiger partial charge in [0.05, 0.1) is 16.1 Å². The Balaban J connectivity index is 1.65. The van der Waals surface area contributed by atoms with Crippen LogP contribution in [0.4, 0.5) is 10.5 Å². The molecule has 2 aromatic rings. The lowest BCUT2D eigenvalue weighted by atomic mass is 9.97. The van der Waals surface area contributed by atoms with Crippen LogP contribution in [-0.2, 0) is 4.79 Å². The van der Waals surface area contributed by atoms with Crippen LogP contribution in [0.25, 0.3) is 10.2 Å². The second-order valence-corrected chi connectivity index (χ2v) is 7.48. The molecule has 0 saturated carbocycles. The van der Waals surface area contributed by atoms with Crippen LogP contribution in [-0.4, -0.2) is 46.3 Å². The molecule has 0 aliphatic carbocycles. The highest BCUT2D eigenvalue weighted by Gasteiger charge is 2.26. The number of hydrogen-bond acceptors (Lipinski definition) is 5. The number of aliphatic carboxylic acids is 1. The molecular weight excluding hydrogens is 334 g/mol. The van der Waals surface area contributed by atoms with Gasteiger partial charge in [-0.1, -0.05) is 11.8 Å². The van der Waals surface area contributed by atoms with Crippen molar-refractivity contribution in [2.45, 2.75) is 17.2 Å². The fraction of sp³-hybridized carbons (Fsp3) is 0.400. The van der Waals surface area contributed by atoms with Crippen LogP contribution in [0.15, 0.2) is 22.5 Å². The minimum atomic E-state index is -0.773. The summed E-state index contributed by atoms with van der Waals surface area (Å²) in [4.78, 5) is 29.4. The fourth-order valence-corrected chi connectivity index (χ4v) is 4.13. The molecule has 0 atom stereocenters. The number of aromatic nitrogens is 1. The van der Waals surface area contributed by atoms with Crippen LogP contribution in [0.1, 0.15) is 12.8 Å². The van der Waals surface area contributed by atoms with Crippen LogP contribution in [0.5, 0.6) is 0 Å². The number of likely N-dealkylation sites (tertiary alicyclic amines) is 1. The normalized spacial score (nSPS) is 15.8. The first-order valence-corrected chi connectivity index (χ1v) is 9.34. The number of thiazole rings is 1. The number of benzene rings is 1. The molecule has 2 heterocycles. The van der Waals surface area contributed by atoms with Gasteiger partial charge in [-0.15, -0.1) is 11.3 Å². The summed E-state index contributed by atoms with van der Waals surface area (Å²) in [6.07, 6.45) is 3.00. The Labute approximate surface area is 141 Å². The van der Waals surface area contributed by atoms with Crippen molar-refractivity contribution in [2.24, 2.45) is 5.92 Å². The van der Waals surface area contributed by atoms with Crippen molar-refractivity contribution < 1.29 is 14.7 Å². The number of rotatable bonds is 3. The maximum Gasteiger partial charge on any atom is 0.321 e. The van der Waals surface area contributed by atoms with E-state index in [2.05, 4.69) is 10.3 Å². The van der Waals surface area contributed by atoms with Crippen molar-refractivity contribution >= 4 is 51.0 Å². The Hall–Kier alpha value is -1.80. The van der Waals surface area contributed by atoms with Gasteiger partial charge in [-0.25, -0.2) is 9.78 Å². The monoisotopic (exact) mass is 351 g/mol. The van der Waals surface area contributed by atoms with Crippen LogP contribution in [0.3, 0.4) is 0 Å². The number of nitrogens with one attached hydrogen (secondary N) is 1. The number of nitrogens with zero attached hydrogens (tertiary/aromatic N) is 2. The first-order chi connectivity index (χ1) is 11.1. The second-order valence-electron chi connectivity index (χ2n) is 5.40. The summed E-state index contributed by atoms with van der Waals surface area (Å²) >= 11 is 3.20. The third-order valence-corrected chi connectivity index (χ3v) is 5.93. The Morgan fingerprint density at radius 2 is 2.13 bits per heavy atom. The standard InChI is InChI=1S/C15H17N3O3S2/c1-22-15-17-11-3-2-10(8-12(11)23-15)16-14(21)18-6-4-9(5-7-18)13(19)20/h2-3,8-9H,4-7H2,1H3,(H,16,21)(H,19,20). The highest BCUT2D eigenvalue weighted by molar-refractivity contribution is 8.00. The minimum Gasteiger partial charge on any atom is -0.481 e. The van der Waals surface area contributed by atoms with E-state index in [1.54, 1.807) is 28.0 Å². The molecule has 122 valence electrons. The number of carbonyl (C=O) groups is 2. The van der Waals surface area contributed by atoms with Crippen LogP contribution >= 0.6 is 23.1 Å². The summed E-state index contributed by atoms with van der Waals surface area (Å²) in [5.74, 6) is -1.11. The van der Waals surface area contributed by atoms with Crippen molar-refractivity contribution in [2.75, 3.05) is 24.7 Å². The summed E-state index contributed by atoms with van der Waals surface area (Å²) in [7, 11) is 0. The number of thioether (sulfide) groups is 1. The molecule has 1 aromatic heterocycles. The molecule has 8 heteroatoms. The predicted molar refractivity (Wildman–Crippen MR) is 92.4 cm³/mol. The van der Waals surface area contributed by atoms with E-state index in [1.807, 2.05) is 24.5 Å². The Morgan fingerprint density at radius 3 is 2.78 bits per heavy atom. The van der Waals surface area contributed by atoms with E-state index in [-0.39, 0.29) is 11.9 Å². The first-order valence-electron chi connectivity index (χ1n) is 7.30. The van der Waals surface area contributed by atoms with Gasteiger partial charge in [-0.2, -0.15) is 0 Å². The summed E-state index contributed by atoms with van der Waals surface area (Å²) in [5.41, 5.74) is 1.67. The molecule has 2 N–H and O–H groups in total. The second kappa shape index (κ2) is 6.76. The van der Waals surface area contributed by atoms with E-state index in [4.69, 9.17) is 5.11 Å². The van der Waals surface area contributed by atoms with E-state index < -0.39 is 5.97 Å². The zero-order valence-electron chi connectivity index (χ0n) is 12.6. The third kappa shape index (κ3) is 3.59. The van der Waals surface area contributed by atoms with Crippen molar-refractivity contribution in [3.63, 3.8) is 0 Å². The van der Waals surface area contributed by atoms with Gasteiger partial charge in [0.2, 0.25) is 0 Å². The zero-order valence-corrected chi connectivity index (χ0v) is 14.2. The molecule has 3 rings (SSSR count). The number of urea groups is 1. The average molecular weight is 351 g/mol. The molecular formula is C15H17N3O3S2. The molecule has 1 saturated heterocycles. The summed E-state index contributed by atoms with van der Waals surface area (Å²) < 4.78 is 2.04. The number of fused-ring (bicyclic) bond motifs is 1. The molecule has 1 fully saturated rings. The molecule has 1 aliphatic rings. The van der Waals surface area contributed by atoms with Gasteiger partial charge in [0.25, 0.3) is 0 Å². The fourth-order valence-electron chi connectivity index (χ4n) is 2.60. The largest absolute Gasteiger partial charge is 0.481 e. The highest BCUT2D eigenvalue weighted by Crippen LogP contribution is 2.30. The molecule has 1 aromatic carbocycles. The van der Waals surface area contributed by atoms with E-state index >= 15 is 0 Å². The maximum absolute atomic E-state index is 12.3. The smallest absolute Gasteiger partial charge is 0.321 e. The number of piperidine rings is 1. The molecule has 0 bridgehead atoms. The van der Waals surface area contributed by atoms with Gasteiger partial charge in [-0.3, -0.25) is 4.79 Å². The minimum absolute atomic E-state index is 0.178. The molecule has 0 unspecified atom stereocenters. The summed E-state index contributed by atoms with van der Waals surface area (Å²) in [5, 5.41) is 11.9. The van der Waals surface area contributed by atoms with Gasteiger partial charge in [0, 0.05) is 18.8 Å². The number of carbonyl (C=O) groups excluding carboxylic acids is 1. The number of carboxylic acid groups (broad SMARTS) is 1. The van der Waals surface area contributed by atoms with Crippen molar-refractivity contribution in [1.82, 2.24) is 9.88 Å². The number of amides is 2. The van der Waals surface area contributed by atoms with Gasteiger partial charge >= 0.3 is 12.0 Å². The predicted octanol–water partition coefficient (Wildman–Crippen LogP) is 3.35. The van der Waals surface area contributed by atoms with E-state index in [1.165, 1.54) is 0 Å². The van der Waals surface area contributed by atoms with Crippen molar-refractivity contribution in [1.29, 1.82) is 0 Å². The van der Waals surface area contributed by atoms with Gasteiger partial charge in [0.15, 0.2) is 4.34 Å². The quantitative estimate of drug-likeness (QED) is 0.829. The van der Waals surface area contributed by atoms with Gasteiger partial charge in [0.1, 0.15) is 0 Å². The van der Waals surface area contributed by atoms with E-state index in [0.717, 1.165) is 20.2 Å². The lowest BCUT2D eigenvalue weighted by Gasteiger charge is -2.30. The Kier molecular flexibility index (Phi) is 4.72. The summed E-state index contributed by atoms with van der Waals surface area (Å²) in [6.45, 7) is 0.949. The van der Waals surface area contributed by atoms with Gasteiger partial charge in [-0.05, 0) is 37.3 Å². The molecule has 23 heavy (non-hydrogen) atoms. The lowest BCUT2D eigenvalue weighted by Crippen LogP contribution is -2.42. The van der Waals surface area contributed by atoms with E-state index in [9.17, 15) is 9.59 Å². The zero-order chi connectivity index (χ0) is 16.4. The molecule has 0 spiro atoms. The highest BCUT2D eigenvalue weighted by atomic mass is 32.2.